The van der Waals surface area contributed by atoms with E-state index in [-0.39, 0.29) is 5.82 Å². The Labute approximate surface area is 181 Å². The van der Waals surface area contributed by atoms with Crippen LogP contribution in [0.4, 0.5) is 32.2 Å². The molecule has 2 heterocycles. The van der Waals surface area contributed by atoms with Crippen molar-refractivity contribution in [1.82, 2.24) is 19.6 Å². The minimum Gasteiger partial charge on any atom is -0.383 e. The number of halogens is 7. The molecule has 2 aromatic heterocycles. The van der Waals surface area contributed by atoms with Crippen molar-refractivity contribution in [2.75, 3.05) is 5.73 Å². The van der Waals surface area contributed by atoms with Crippen molar-refractivity contribution in [2.24, 2.45) is 0 Å². The molecule has 0 unspecified atom stereocenters. The Kier molecular flexibility index (Phi) is 5.16. The fourth-order valence-corrected chi connectivity index (χ4v) is 3.37. The Bertz CT molecular complexity index is 1270. The number of benzene rings is 2. The number of aromatic nitrogens is 4. The maximum absolute atomic E-state index is 13.7. The number of hydrogen-bond acceptors (Lipinski definition) is 3. The molecule has 5 nitrogen and oxygen atoms in total. The van der Waals surface area contributed by atoms with Crippen LogP contribution in [0.15, 0.2) is 60.8 Å². The molecule has 2 aromatic carbocycles. The smallest absolute Gasteiger partial charge is 0.383 e. The highest BCUT2D eigenvalue weighted by molar-refractivity contribution is 6.31. The predicted molar refractivity (Wildman–Crippen MR) is 106 cm³/mol. The molecule has 0 bridgehead atoms. The van der Waals surface area contributed by atoms with Crippen molar-refractivity contribution in [1.29, 1.82) is 0 Å². The second-order valence-electron chi connectivity index (χ2n) is 6.70. The molecule has 12 heteroatoms. The van der Waals surface area contributed by atoms with E-state index in [4.69, 9.17) is 17.3 Å². The van der Waals surface area contributed by atoms with E-state index in [2.05, 4.69) is 10.2 Å². The van der Waals surface area contributed by atoms with Gasteiger partial charge in [0.15, 0.2) is 11.5 Å². The fourth-order valence-electron chi connectivity index (χ4n) is 3.14. The molecule has 0 aliphatic carbocycles. The fraction of sp³-hybridized carbons (Fsp3) is 0.100. The summed E-state index contributed by atoms with van der Waals surface area (Å²) in [5.41, 5.74) is 2.71. The molecule has 0 atom stereocenters. The quantitative estimate of drug-likeness (QED) is 0.373. The lowest BCUT2D eigenvalue weighted by Gasteiger charge is -2.11. The molecule has 0 spiro atoms. The van der Waals surface area contributed by atoms with Crippen molar-refractivity contribution < 1.29 is 26.3 Å². The highest BCUT2D eigenvalue weighted by atomic mass is 35.5. The van der Waals surface area contributed by atoms with Crippen LogP contribution in [0.3, 0.4) is 0 Å². The van der Waals surface area contributed by atoms with Gasteiger partial charge in [0.05, 0.1) is 16.8 Å². The SMILES string of the molecule is Nc1c(-c2cc(Cl)cc(C(F)(F)F)c2)c(C(F)(F)F)nn1-c1ccn(-c2ccccc2)n1. The first-order valence-corrected chi connectivity index (χ1v) is 9.28. The highest BCUT2D eigenvalue weighted by Crippen LogP contribution is 2.43. The van der Waals surface area contributed by atoms with Gasteiger partial charge in [0.1, 0.15) is 5.82 Å². The van der Waals surface area contributed by atoms with Gasteiger partial charge in [-0.2, -0.15) is 36.1 Å². The molecule has 2 N–H and O–H groups in total. The van der Waals surface area contributed by atoms with Gasteiger partial charge in [0.25, 0.3) is 0 Å². The lowest BCUT2D eigenvalue weighted by Crippen LogP contribution is -2.09. The standard InChI is InChI=1S/C20H12ClF6N5/c21-13-9-11(8-12(10-13)19(22,23)24)16-17(20(25,26)27)30-32(18(16)28)15-6-7-31(29-15)14-4-2-1-3-5-14/h1-10H,28H2. The van der Waals surface area contributed by atoms with Crippen molar-refractivity contribution in [3.05, 3.63) is 77.1 Å². The number of nitrogens with zero attached hydrogens (tertiary/aromatic N) is 4. The number of nitrogens with two attached hydrogens (primary N) is 1. The monoisotopic (exact) mass is 471 g/mol. The summed E-state index contributed by atoms with van der Waals surface area (Å²) in [6.45, 7) is 0. The molecule has 0 amide bonds. The average molecular weight is 472 g/mol. The van der Waals surface area contributed by atoms with Crippen LogP contribution in [-0.4, -0.2) is 19.6 Å². The van der Waals surface area contributed by atoms with E-state index in [0.717, 1.165) is 10.7 Å². The Morgan fingerprint density at radius 3 is 2.16 bits per heavy atom. The van der Waals surface area contributed by atoms with Gasteiger partial charge in [-0.25, -0.2) is 4.68 Å². The lowest BCUT2D eigenvalue weighted by atomic mass is 10.0. The zero-order valence-corrected chi connectivity index (χ0v) is 16.5. The predicted octanol–water partition coefficient (Wildman–Crippen LogP) is 6.00. The summed E-state index contributed by atoms with van der Waals surface area (Å²) in [7, 11) is 0. The van der Waals surface area contributed by atoms with Gasteiger partial charge in [0, 0.05) is 17.3 Å². The third-order valence-electron chi connectivity index (χ3n) is 4.52. The van der Waals surface area contributed by atoms with Crippen LogP contribution in [-0.2, 0) is 12.4 Å². The van der Waals surface area contributed by atoms with Crippen molar-refractivity contribution in [3.63, 3.8) is 0 Å². The first-order valence-electron chi connectivity index (χ1n) is 8.90. The first-order chi connectivity index (χ1) is 14.9. The molecule has 0 aliphatic rings. The molecule has 0 radical (unpaired) electrons. The number of anilines is 1. The van der Waals surface area contributed by atoms with Gasteiger partial charge in [-0.15, -0.1) is 5.10 Å². The molecule has 4 aromatic rings. The summed E-state index contributed by atoms with van der Waals surface area (Å²) in [5, 5.41) is 7.30. The molecule has 4 rings (SSSR count). The molecule has 32 heavy (non-hydrogen) atoms. The maximum Gasteiger partial charge on any atom is 0.435 e. The third-order valence-corrected chi connectivity index (χ3v) is 4.73. The van der Waals surface area contributed by atoms with E-state index in [1.54, 1.807) is 30.3 Å². The topological polar surface area (TPSA) is 61.7 Å². The van der Waals surface area contributed by atoms with E-state index in [0.29, 0.717) is 17.8 Å². The van der Waals surface area contributed by atoms with Gasteiger partial charge in [-0.05, 0) is 35.9 Å². The molecule has 0 aliphatic heterocycles. The number of para-hydroxylation sites is 1. The summed E-state index contributed by atoms with van der Waals surface area (Å²) in [6, 6.07) is 12.2. The molecule has 0 saturated carbocycles. The summed E-state index contributed by atoms with van der Waals surface area (Å²) >= 11 is 5.75. The Balaban J connectivity index is 1.90. The third kappa shape index (κ3) is 4.03. The minimum atomic E-state index is -5.00. The van der Waals surface area contributed by atoms with Crippen molar-refractivity contribution in [3.8, 4) is 22.6 Å². The van der Waals surface area contributed by atoms with Gasteiger partial charge in [0.2, 0.25) is 0 Å². The summed E-state index contributed by atoms with van der Waals surface area (Å²) in [5.74, 6) is -0.591. The van der Waals surface area contributed by atoms with Gasteiger partial charge in [-0.3, -0.25) is 0 Å². The number of hydrogen-bond donors (Lipinski definition) is 1. The maximum atomic E-state index is 13.7. The van der Waals surface area contributed by atoms with Crippen LogP contribution in [0.2, 0.25) is 5.02 Å². The van der Waals surface area contributed by atoms with Crippen molar-refractivity contribution in [2.45, 2.75) is 12.4 Å². The second-order valence-corrected chi connectivity index (χ2v) is 7.14. The molecule has 166 valence electrons. The van der Waals surface area contributed by atoms with E-state index >= 15 is 0 Å². The Hall–Kier alpha value is -3.47. The second kappa shape index (κ2) is 7.59. The number of nitrogen functional groups attached to an aromatic ring is 1. The van der Waals surface area contributed by atoms with E-state index in [9.17, 15) is 26.3 Å². The zero-order chi connectivity index (χ0) is 23.3. The molecular formula is C20H12ClF6N5. The van der Waals surface area contributed by atoms with Gasteiger partial charge >= 0.3 is 12.4 Å². The van der Waals surface area contributed by atoms with Crippen molar-refractivity contribution >= 4 is 17.4 Å². The summed E-state index contributed by atoms with van der Waals surface area (Å²) in [6.07, 6.45) is -8.34. The van der Waals surface area contributed by atoms with Crippen LogP contribution >= 0.6 is 11.6 Å². The number of alkyl halides is 6. The Morgan fingerprint density at radius 1 is 0.844 bits per heavy atom. The van der Waals surface area contributed by atoms with Crippen LogP contribution in [0.1, 0.15) is 11.3 Å². The number of rotatable bonds is 3. The Morgan fingerprint density at radius 2 is 1.53 bits per heavy atom. The largest absolute Gasteiger partial charge is 0.435 e. The minimum absolute atomic E-state index is 0.0545. The van der Waals surface area contributed by atoms with Crippen LogP contribution in [0, 0.1) is 0 Å². The lowest BCUT2D eigenvalue weighted by molar-refractivity contribution is -0.140. The van der Waals surface area contributed by atoms with Crippen LogP contribution < -0.4 is 5.73 Å². The van der Waals surface area contributed by atoms with Gasteiger partial charge < -0.3 is 5.73 Å². The van der Waals surface area contributed by atoms with Crippen LogP contribution in [0.5, 0.6) is 0 Å². The highest BCUT2D eigenvalue weighted by Gasteiger charge is 2.40. The molecular weight excluding hydrogens is 460 g/mol. The first kappa shape index (κ1) is 21.8. The van der Waals surface area contributed by atoms with E-state index in [1.807, 2.05) is 0 Å². The summed E-state index contributed by atoms with van der Waals surface area (Å²) in [4.78, 5) is 0. The van der Waals surface area contributed by atoms with E-state index in [1.165, 1.54) is 16.9 Å². The molecule has 0 saturated heterocycles. The summed E-state index contributed by atoms with van der Waals surface area (Å²) < 4.78 is 82.9. The van der Waals surface area contributed by atoms with E-state index < -0.39 is 45.6 Å². The van der Waals surface area contributed by atoms with Gasteiger partial charge in [-0.1, -0.05) is 29.8 Å². The zero-order valence-electron chi connectivity index (χ0n) is 15.8. The average Bonchev–Trinajstić information content (AvgIpc) is 3.32. The molecule has 0 fully saturated rings. The normalized spacial score (nSPS) is 12.3. The van der Waals surface area contributed by atoms with Crippen LogP contribution in [0.25, 0.3) is 22.6 Å².